The molecule has 0 bridgehead atoms. The number of ether oxygens (including phenoxy) is 1. The molecule has 1 nitrogen and oxygen atoms in total. The first-order valence-electron chi connectivity index (χ1n) is 14.0. The van der Waals surface area contributed by atoms with Crippen molar-refractivity contribution >= 4 is 0 Å². The lowest BCUT2D eigenvalue weighted by Crippen LogP contribution is -2.36. The summed E-state index contributed by atoms with van der Waals surface area (Å²) in [6.07, 6.45) is 18.2. The zero-order valence-corrected chi connectivity index (χ0v) is 22.9. The highest BCUT2D eigenvalue weighted by molar-refractivity contribution is 5.35. The fraction of sp³-hybridized carbons (Fsp3) is 0.871. The molecule has 0 spiro atoms. The third-order valence-corrected chi connectivity index (χ3v) is 10.1. The molecule has 0 aliphatic heterocycles. The third-order valence-electron chi connectivity index (χ3n) is 10.1. The van der Waals surface area contributed by atoms with E-state index in [2.05, 4.69) is 47.3 Å². The van der Waals surface area contributed by atoms with Crippen molar-refractivity contribution in [1.82, 2.24) is 0 Å². The number of allylic oxidation sites excluding steroid dienone is 2. The number of hydrogen-bond acceptors (Lipinski definition) is 1. The Balaban J connectivity index is 0.00000141. The molecule has 4 aliphatic rings. The van der Waals surface area contributed by atoms with E-state index in [1.165, 1.54) is 76.2 Å². The Kier molecular flexibility index (Phi) is 8.12. The fourth-order valence-corrected chi connectivity index (χ4v) is 8.15. The van der Waals surface area contributed by atoms with Gasteiger partial charge in [-0.2, -0.15) is 0 Å². The Morgan fingerprint density at radius 1 is 1.22 bits per heavy atom. The zero-order chi connectivity index (χ0) is 23.7. The zero-order valence-electron chi connectivity index (χ0n) is 22.9. The molecule has 184 valence electrons. The van der Waals surface area contributed by atoms with Gasteiger partial charge in [0.05, 0.1) is 6.10 Å². The summed E-state index contributed by atoms with van der Waals surface area (Å²) < 4.78 is 5.70. The van der Waals surface area contributed by atoms with E-state index < -0.39 is 0 Å². The smallest absolute Gasteiger partial charge is 0.0787 e. The number of fused-ring (bicyclic) bond motifs is 2. The molecule has 7 atom stereocenters. The lowest BCUT2D eigenvalue weighted by Gasteiger charge is -2.44. The molecule has 32 heavy (non-hydrogen) atoms. The highest BCUT2D eigenvalue weighted by Gasteiger charge is 2.62. The van der Waals surface area contributed by atoms with Gasteiger partial charge in [-0.15, -0.1) is 0 Å². The second-order valence-corrected chi connectivity index (χ2v) is 13.1. The van der Waals surface area contributed by atoms with E-state index in [1.807, 2.05) is 26.5 Å². The lowest BCUT2D eigenvalue weighted by atomic mass is 9.60. The van der Waals surface area contributed by atoms with Crippen molar-refractivity contribution < 1.29 is 4.74 Å². The van der Waals surface area contributed by atoms with Gasteiger partial charge in [0.2, 0.25) is 0 Å². The predicted molar refractivity (Wildman–Crippen MR) is 140 cm³/mol. The molecule has 0 saturated heterocycles. The first-order chi connectivity index (χ1) is 15.1. The van der Waals surface area contributed by atoms with Gasteiger partial charge in [0.15, 0.2) is 0 Å². The van der Waals surface area contributed by atoms with Crippen LogP contribution in [0.4, 0.5) is 0 Å². The summed E-state index contributed by atoms with van der Waals surface area (Å²) in [5.41, 5.74) is 4.66. The molecule has 0 aromatic heterocycles. The van der Waals surface area contributed by atoms with Crippen molar-refractivity contribution in [2.45, 2.75) is 125 Å². The molecule has 1 heteroatoms. The molecule has 4 rings (SSSR count). The van der Waals surface area contributed by atoms with Crippen LogP contribution in [0.2, 0.25) is 0 Å². The second kappa shape index (κ2) is 9.97. The van der Waals surface area contributed by atoms with Crippen LogP contribution < -0.4 is 0 Å². The average molecular weight is 443 g/mol. The van der Waals surface area contributed by atoms with E-state index >= 15 is 0 Å². The molecule has 4 fully saturated rings. The first-order valence-corrected chi connectivity index (χ1v) is 14.0. The number of hydrogen-bond donors (Lipinski definition) is 0. The maximum absolute atomic E-state index is 5.70. The molecular formula is C31H54O. The van der Waals surface area contributed by atoms with Crippen molar-refractivity contribution in [3.05, 3.63) is 23.8 Å². The van der Waals surface area contributed by atoms with Crippen LogP contribution in [0.1, 0.15) is 119 Å². The topological polar surface area (TPSA) is 9.23 Å². The van der Waals surface area contributed by atoms with Crippen LogP contribution in [0.5, 0.6) is 0 Å². The van der Waals surface area contributed by atoms with E-state index in [1.54, 1.807) is 0 Å². The van der Waals surface area contributed by atoms with Crippen LogP contribution in [0.25, 0.3) is 0 Å². The molecular weight excluding hydrogens is 388 g/mol. The van der Waals surface area contributed by atoms with Gasteiger partial charge in [-0.3, -0.25) is 0 Å². The predicted octanol–water partition coefficient (Wildman–Crippen LogP) is 9.38. The Morgan fingerprint density at radius 2 is 1.94 bits per heavy atom. The number of rotatable bonds is 7. The van der Waals surface area contributed by atoms with E-state index in [0.29, 0.717) is 22.3 Å². The molecule has 0 amide bonds. The fourth-order valence-electron chi connectivity index (χ4n) is 8.15. The quantitative estimate of drug-likeness (QED) is 0.357. The van der Waals surface area contributed by atoms with Crippen molar-refractivity contribution in [2.24, 2.45) is 39.9 Å². The van der Waals surface area contributed by atoms with Crippen molar-refractivity contribution in [3.8, 4) is 0 Å². The highest BCUT2D eigenvalue weighted by atomic mass is 16.5. The van der Waals surface area contributed by atoms with Crippen LogP contribution in [0.3, 0.4) is 0 Å². The minimum absolute atomic E-state index is 0.323. The third kappa shape index (κ3) is 4.94. The Labute approximate surface area is 200 Å². The maximum atomic E-state index is 5.70. The molecule has 4 aliphatic carbocycles. The Bertz CT molecular complexity index is 681. The summed E-state index contributed by atoms with van der Waals surface area (Å²) in [5.74, 6) is 3.51. The first kappa shape index (κ1) is 26.1. The summed E-state index contributed by atoms with van der Waals surface area (Å²) in [7, 11) is 1.86. The second-order valence-electron chi connectivity index (χ2n) is 13.1. The molecule has 7 unspecified atom stereocenters. The Hall–Kier alpha value is -0.560. The molecule has 0 aromatic rings. The standard InChI is InChI=1S/C29H48O.C2H6/c1-20(10-8-15-27(3,4)5)24-12-13-25-22(11-9-16-28(24,25)6)14-17-29-19-23(29)18-26(30-7)21(29)2;1-2/h14,20,23-26H,2,8-13,15-19H2,1,3-7H3;1-2H3/b22-14+;. The highest BCUT2D eigenvalue weighted by Crippen LogP contribution is 2.69. The summed E-state index contributed by atoms with van der Waals surface area (Å²) in [6.45, 7) is 20.9. The lowest BCUT2D eigenvalue weighted by molar-refractivity contribution is 0.0917. The van der Waals surface area contributed by atoms with Crippen molar-refractivity contribution in [3.63, 3.8) is 0 Å². The summed E-state index contributed by atoms with van der Waals surface area (Å²) in [4.78, 5) is 0. The van der Waals surface area contributed by atoms with Gasteiger partial charge in [-0.05, 0) is 97.9 Å². The molecule has 0 radical (unpaired) electrons. The largest absolute Gasteiger partial charge is 0.377 e. The van der Waals surface area contributed by atoms with E-state index in [-0.39, 0.29) is 0 Å². The van der Waals surface area contributed by atoms with E-state index in [9.17, 15) is 0 Å². The van der Waals surface area contributed by atoms with E-state index in [0.717, 1.165) is 23.7 Å². The summed E-state index contributed by atoms with van der Waals surface area (Å²) >= 11 is 0. The average Bonchev–Trinajstić information content (AvgIpc) is 3.23. The van der Waals surface area contributed by atoms with Crippen LogP contribution in [-0.2, 0) is 4.74 Å². The summed E-state index contributed by atoms with van der Waals surface area (Å²) in [6, 6.07) is 0. The molecule has 0 aromatic carbocycles. The van der Waals surface area contributed by atoms with Gasteiger partial charge < -0.3 is 4.74 Å². The monoisotopic (exact) mass is 442 g/mol. The van der Waals surface area contributed by atoms with Crippen molar-refractivity contribution in [1.29, 1.82) is 0 Å². The molecule has 0 heterocycles. The van der Waals surface area contributed by atoms with E-state index in [4.69, 9.17) is 4.74 Å². The molecule has 4 saturated carbocycles. The van der Waals surface area contributed by atoms with Gasteiger partial charge in [0.1, 0.15) is 0 Å². The van der Waals surface area contributed by atoms with Gasteiger partial charge in [-0.1, -0.05) is 79.5 Å². The van der Waals surface area contributed by atoms with Gasteiger partial charge >= 0.3 is 0 Å². The van der Waals surface area contributed by atoms with Gasteiger partial charge in [0, 0.05) is 12.5 Å². The van der Waals surface area contributed by atoms with Crippen LogP contribution >= 0.6 is 0 Å². The SMILES string of the molecule is C=C1C(OC)CC2CC12C/C=C1\CCCC2(C)C1CCC2C(C)CCCC(C)(C)C.CC. The normalized spacial score (nSPS) is 40.5. The maximum Gasteiger partial charge on any atom is 0.0787 e. The number of methoxy groups -OCH3 is 1. The van der Waals surface area contributed by atoms with Crippen molar-refractivity contribution in [2.75, 3.05) is 7.11 Å². The minimum Gasteiger partial charge on any atom is -0.377 e. The van der Waals surface area contributed by atoms with Gasteiger partial charge in [-0.25, -0.2) is 0 Å². The van der Waals surface area contributed by atoms with Crippen LogP contribution in [0, 0.1) is 39.9 Å². The van der Waals surface area contributed by atoms with Crippen LogP contribution in [0.15, 0.2) is 23.8 Å². The Morgan fingerprint density at radius 3 is 2.56 bits per heavy atom. The van der Waals surface area contributed by atoms with Crippen LogP contribution in [-0.4, -0.2) is 13.2 Å². The summed E-state index contributed by atoms with van der Waals surface area (Å²) in [5, 5.41) is 0. The molecule has 0 N–H and O–H groups in total. The van der Waals surface area contributed by atoms with Gasteiger partial charge in [0.25, 0.3) is 0 Å². The minimum atomic E-state index is 0.323.